The van der Waals surface area contributed by atoms with Crippen LogP contribution in [0.25, 0.3) is 0 Å². The van der Waals surface area contributed by atoms with E-state index in [9.17, 15) is 23.2 Å². The Balaban J connectivity index is 1.37. The van der Waals surface area contributed by atoms with Crippen LogP contribution in [0.1, 0.15) is 36.6 Å². The molecular formula is C33H30F2N4O3. The minimum atomic E-state index is -0.464. The van der Waals surface area contributed by atoms with Crippen LogP contribution in [0.4, 0.5) is 20.2 Å². The first kappa shape index (κ1) is 28.5. The molecule has 1 aliphatic heterocycles. The third-order valence-corrected chi connectivity index (χ3v) is 7.18. The predicted octanol–water partition coefficient (Wildman–Crippen LogP) is 5.45. The smallest absolute Gasteiger partial charge is 0.256 e. The molecule has 1 fully saturated rings. The molecule has 0 atom stereocenters. The van der Waals surface area contributed by atoms with E-state index in [1.807, 2.05) is 35.2 Å². The highest BCUT2D eigenvalue weighted by Gasteiger charge is 2.26. The maximum absolute atomic E-state index is 13.8. The van der Waals surface area contributed by atoms with Gasteiger partial charge in [-0.2, -0.15) is 0 Å². The molecule has 0 spiro atoms. The zero-order valence-corrected chi connectivity index (χ0v) is 23.1. The number of piperazine rings is 1. The van der Waals surface area contributed by atoms with Gasteiger partial charge in [-0.05, 0) is 66.2 Å². The van der Waals surface area contributed by atoms with Gasteiger partial charge in [0.1, 0.15) is 11.6 Å². The molecule has 214 valence electrons. The van der Waals surface area contributed by atoms with Gasteiger partial charge >= 0.3 is 0 Å². The molecule has 1 aliphatic rings. The number of halogens is 2. The molecule has 0 saturated carbocycles. The van der Waals surface area contributed by atoms with Crippen molar-refractivity contribution in [3.63, 3.8) is 0 Å². The van der Waals surface area contributed by atoms with Crippen LogP contribution in [0.2, 0.25) is 0 Å². The number of benzene rings is 4. The first-order valence-corrected chi connectivity index (χ1v) is 13.6. The van der Waals surface area contributed by atoms with Crippen molar-refractivity contribution in [2.45, 2.75) is 6.54 Å². The number of hydrogen-bond donors (Lipinski definition) is 1. The molecule has 9 heteroatoms. The van der Waals surface area contributed by atoms with Crippen LogP contribution in [0, 0.1) is 11.6 Å². The van der Waals surface area contributed by atoms with Gasteiger partial charge < -0.3 is 20.0 Å². The molecular weight excluding hydrogens is 538 g/mol. The summed E-state index contributed by atoms with van der Waals surface area (Å²) in [4.78, 5) is 44.9. The van der Waals surface area contributed by atoms with E-state index in [1.54, 1.807) is 41.1 Å². The molecule has 4 aromatic rings. The molecule has 1 saturated heterocycles. The normalized spacial score (nSPS) is 13.0. The maximum atomic E-state index is 13.8. The van der Waals surface area contributed by atoms with Crippen LogP contribution in [0.3, 0.4) is 0 Å². The van der Waals surface area contributed by atoms with Crippen LogP contribution in [-0.4, -0.2) is 60.7 Å². The standard InChI is InChI=1S/C33H30F2N4O3/c1-37(22-23-6-3-2-4-7-23)33(42)29-21-28(36-31(40)24-10-12-26(34)13-11-24)14-15-30(29)38-16-18-39(19-17-38)32(41)25-8-5-9-27(35)20-25/h2-15,20-21H,16-19,22H2,1H3,(H,36,40). The Morgan fingerprint density at radius 3 is 2.17 bits per heavy atom. The highest BCUT2D eigenvalue weighted by atomic mass is 19.1. The number of hydrogen-bond acceptors (Lipinski definition) is 4. The van der Waals surface area contributed by atoms with E-state index in [0.29, 0.717) is 55.2 Å². The number of carbonyl (C=O) groups excluding carboxylic acids is 3. The average Bonchev–Trinajstić information content (AvgIpc) is 3.01. The van der Waals surface area contributed by atoms with E-state index < -0.39 is 17.5 Å². The topological polar surface area (TPSA) is 73.0 Å². The summed E-state index contributed by atoms with van der Waals surface area (Å²) in [7, 11) is 1.72. The van der Waals surface area contributed by atoms with Crippen LogP contribution >= 0.6 is 0 Å². The van der Waals surface area contributed by atoms with Gasteiger partial charge in [0.15, 0.2) is 0 Å². The van der Waals surface area contributed by atoms with Crippen molar-refractivity contribution in [1.29, 1.82) is 0 Å². The van der Waals surface area contributed by atoms with E-state index in [-0.39, 0.29) is 17.4 Å². The Morgan fingerprint density at radius 2 is 1.48 bits per heavy atom. The van der Waals surface area contributed by atoms with Crippen LogP contribution in [-0.2, 0) is 6.54 Å². The fourth-order valence-corrected chi connectivity index (χ4v) is 4.95. The largest absolute Gasteiger partial charge is 0.367 e. The van der Waals surface area contributed by atoms with Crippen molar-refractivity contribution in [2.24, 2.45) is 0 Å². The van der Waals surface area contributed by atoms with Gasteiger partial charge in [-0.25, -0.2) is 8.78 Å². The highest BCUT2D eigenvalue weighted by molar-refractivity contribution is 6.06. The van der Waals surface area contributed by atoms with E-state index >= 15 is 0 Å². The Morgan fingerprint density at radius 1 is 0.762 bits per heavy atom. The predicted molar refractivity (Wildman–Crippen MR) is 158 cm³/mol. The summed E-state index contributed by atoms with van der Waals surface area (Å²) in [5.41, 5.74) is 3.05. The zero-order chi connectivity index (χ0) is 29.6. The summed E-state index contributed by atoms with van der Waals surface area (Å²) in [5.74, 6) is -1.81. The fourth-order valence-electron chi connectivity index (χ4n) is 4.95. The van der Waals surface area contributed by atoms with E-state index in [1.165, 1.54) is 42.5 Å². The molecule has 1 heterocycles. The summed E-state index contributed by atoms with van der Waals surface area (Å²) in [6.07, 6.45) is 0. The molecule has 42 heavy (non-hydrogen) atoms. The Kier molecular flexibility index (Phi) is 8.57. The minimum Gasteiger partial charge on any atom is -0.367 e. The van der Waals surface area contributed by atoms with E-state index in [0.717, 1.165) is 5.56 Å². The van der Waals surface area contributed by atoms with Gasteiger partial charge in [-0.3, -0.25) is 14.4 Å². The van der Waals surface area contributed by atoms with Gasteiger partial charge in [0, 0.05) is 62.3 Å². The van der Waals surface area contributed by atoms with Gasteiger partial charge in [0.25, 0.3) is 17.7 Å². The lowest BCUT2D eigenvalue weighted by molar-refractivity contribution is 0.0742. The van der Waals surface area contributed by atoms with Crippen LogP contribution in [0.5, 0.6) is 0 Å². The molecule has 5 rings (SSSR count). The number of nitrogens with zero attached hydrogens (tertiary/aromatic N) is 3. The molecule has 0 aliphatic carbocycles. The average molecular weight is 569 g/mol. The highest BCUT2D eigenvalue weighted by Crippen LogP contribution is 2.28. The molecule has 7 nitrogen and oxygen atoms in total. The van der Waals surface area contributed by atoms with Crippen molar-refractivity contribution < 1.29 is 23.2 Å². The quantitative estimate of drug-likeness (QED) is 0.322. The number of carbonyl (C=O) groups is 3. The van der Waals surface area contributed by atoms with Gasteiger partial charge in [0.05, 0.1) is 5.56 Å². The SMILES string of the molecule is CN(Cc1ccccc1)C(=O)c1cc(NC(=O)c2ccc(F)cc2)ccc1N1CCN(C(=O)c2cccc(F)c2)CC1. The summed E-state index contributed by atoms with van der Waals surface area (Å²) in [6.45, 7) is 2.11. The third kappa shape index (κ3) is 6.63. The molecule has 1 N–H and O–H groups in total. The first-order valence-electron chi connectivity index (χ1n) is 13.6. The molecule has 4 aromatic carbocycles. The van der Waals surface area contributed by atoms with Gasteiger partial charge in [-0.15, -0.1) is 0 Å². The summed E-state index contributed by atoms with van der Waals surface area (Å²) in [6, 6.07) is 25.6. The lowest BCUT2D eigenvalue weighted by Gasteiger charge is -2.37. The molecule has 0 bridgehead atoms. The Labute approximate surface area is 243 Å². The second-order valence-electron chi connectivity index (χ2n) is 10.1. The van der Waals surface area contributed by atoms with Crippen molar-refractivity contribution >= 4 is 29.1 Å². The van der Waals surface area contributed by atoms with Crippen LogP contribution in [0.15, 0.2) is 97.1 Å². The second kappa shape index (κ2) is 12.6. The van der Waals surface area contributed by atoms with Crippen molar-refractivity contribution in [1.82, 2.24) is 9.80 Å². The lowest BCUT2D eigenvalue weighted by Crippen LogP contribution is -2.49. The molecule has 0 radical (unpaired) electrons. The third-order valence-electron chi connectivity index (χ3n) is 7.18. The first-order chi connectivity index (χ1) is 20.3. The van der Waals surface area contributed by atoms with Gasteiger partial charge in [0.2, 0.25) is 0 Å². The molecule has 0 unspecified atom stereocenters. The monoisotopic (exact) mass is 568 g/mol. The van der Waals surface area contributed by atoms with Crippen LogP contribution < -0.4 is 10.2 Å². The number of anilines is 2. The number of nitrogens with one attached hydrogen (secondary N) is 1. The Bertz CT molecular complexity index is 1590. The lowest BCUT2D eigenvalue weighted by atomic mass is 10.1. The Hall–Kier alpha value is -5.05. The molecule has 3 amide bonds. The van der Waals surface area contributed by atoms with Crippen molar-refractivity contribution in [3.8, 4) is 0 Å². The summed E-state index contributed by atoms with van der Waals surface area (Å²) in [5, 5.41) is 2.80. The van der Waals surface area contributed by atoms with Crippen molar-refractivity contribution in [2.75, 3.05) is 43.4 Å². The molecule has 0 aromatic heterocycles. The summed E-state index contributed by atoms with van der Waals surface area (Å²) < 4.78 is 27.0. The number of rotatable bonds is 7. The maximum Gasteiger partial charge on any atom is 0.256 e. The fraction of sp³-hybridized carbons (Fsp3) is 0.182. The zero-order valence-electron chi connectivity index (χ0n) is 23.1. The second-order valence-corrected chi connectivity index (χ2v) is 10.1. The van der Waals surface area contributed by atoms with Crippen molar-refractivity contribution in [3.05, 3.63) is 131 Å². The minimum absolute atomic E-state index is 0.231. The summed E-state index contributed by atoms with van der Waals surface area (Å²) >= 11 is 0. The van der Waals surface area contributed by atoms with Gasteiger partial charge in [-0.1, -0.05) is 36.4 Å². The van der Waals surface area contributed by atoms with E-state index in [2.05, 4.69) is 5.32 Å². The van der Waals surface area contributed by atoms with E-state index in [4.69, 9.17) is 0 Å². The number of amides is 3.